The molecule has 0 bridgehead atoms. The maximum absolute atomic E-state index is 6.15. The number of hydrogen-bond donors (Lipinski definition) is 1. The van der Waals surface area contributed by atoms with E-state index in [4.69, 9.17) is 5.73 Å². The second-order valence-corrected chi connectivity index (χ2v) is 18.7. The van der Waals surface area contributed by atoms with Crippen molar-refractivity contribution in [3.8, 4) is 55.9 Å². The molecule has 2 heterocycles. The zero-order valence-corrected chi connectivity index (χ0v) is 37.1. The van der Waals surface area contributed by atoms with Crippen LogP contribution in [0.5, 0.6) is 0 Å². The molecule has 2 aromatic heterocycles. The quantitative estimate of drug-likeness (QED) is 0.166. The first-order chi connectivity index (χ1) is 32.4. The van der Waals surface area contributed by atoms with E-state index in [0.29, 0.717) is 0 Å². The van der Waals surface area contributed by atoms with Gasteiger partial charge in [0.25, 0.3) is 0 Å². The molecule has 0 atom stereocenters. The number of nitrogen functional groups attached to an aromatic ring is 1. The van der Waals surface area contributed by atoms with Gasteiger partial charge in [-0.25, -0.2) is 0 Å². The SMILES string of the molecule is CC1(C)c2cc(-c3ccc(-n4c5c(c6ccccc64)C=C(c4cccc(-c6cccc(N)c6)c4)CC5)cc3)ccc2-c2ccc(-c3ccc(-n4c5ccccc5c5ccccc54)cc3)cc21. The smallest absolute Gasteiger partial charge is 0.0541 e. The predicted molar refractivity (Wildman–Crippen MR) is 279 cm³/mol. The Bertz CT molecular complexity index is 3730. The molecule has 0 amide bonds. The summed E-state index contributed by atoms with van der Waals surface area (Å²) in [5.41, 5.74) is 30.9. The fourth-order valence-corrected chi connectivity index (χ4v) is 11.3. The number of aromatic nitrogens is 2. The number of rotatable bonds is 6. The third-order valence-electron chi connectivity index (χ3n) is 14.6. The largest absolute Gasteiger partial charge is 0.399 e. The zero-order chi connectivity index (χ0) is 44.1. The second kappa shape index (κ2) is 14.7. The molecule has 3 heteroatoms. The van der Waals surface area contributed by atoms with Crippen molar-refractivity contribution in [2.45, 2.75) is 32.1 Å². The summed E-state index contributed by atoms with van der Waals surface area (Å²) in [6, 6.07) is 75.8. The number of fused-ring (bicyclic) bond motifs is 9. The molecule has 0 radical (unpaired) electrons. The lowest BCUT2D eigenvalue weighted by Gasteiger charge is -2.23. The van der Waals surface area contributed by atoms with Crippen molar-refractivity contribution in [1.29, 1.82) is 0 Å². The number of hydrogen-bond acceptors (Lipinski definition) is 1. The van der Waals surface area contributed by atoms with Crippen LogP contribution in [0.3, 0.4) is 0 Å². The molecule has 0 unspecified atom stereocenters. The Kier molecular flexibility index (Phi) is 8.54. The average molecular weight is 846 g/mol. The van der Waals surface area contributed by atoms with Crippen molar-refractivity contribution >= 4 is 50.0 Å². The first-order valence-corrected chi connectivity index (χ1v) is 23.2. The molecule has 66 heavy (non-hydrogen) atoms. The Hall–Kier alpha value is -8.14. The Morgan fingerprint density at radius 1 is 0.394 bits per heavy atom. The van der Waals surface area contributed by atoms with Crippen LogP contribution in [0.4, 0.5) is 5.69 Å². The summed E-state index contributed by atoms with van der Waals surface area (Å²) < 4.78 is 4.87. The normalized spacial score (nSPS) is 13.8. The average Bonchev–Trinajstić information content (AvgIpc) is 3.96. The van der Waals surface area contributed by atoms with E-state index in [0.717, 1.165) is 24.1 Å². The van der Waals surface area contributed by atoms with Gasteiger partial charge in [0.05, 0.1) is 16.6 Å². The van der Waals surface area contributed by atoms with Crippen LogP contribution in [0.2, 0.25) is 0 Å². The zero-order valence-electron chi connectivity index (χ0n) is 37.1. The highest BCUT2D eigenvalue weighted by atomic mass is 15.0. The van der Waals surface area contributed by atoms with Crippen LogP contribution in [-0.2, 0) is 11.8 Å². The van der Waals surface area contributed by atoms with E-state index < -0.39 is 0 Å². The molecule has 314 valence electrons. The molecule has 0 saturated carbocycles. The predicted octanol–water partition coefficient (Wildman–Crippen LogP) is 16.1. The summed E-state index contributed by atoms with van der Waals surface area (Å²) in [4.78, 5) is 0. The van der Waals surface area contributed by atoms with Gasteiger partial charge in [0.1, 0.15) is 0 Å². The van der Waals surface area contributed by atoms with Gasteiger partial charge in [-0.3, -0.25) is 0 Å². The lowest BCUT2D eigenvalue weighted by atomic mass is 9.81. The van der Waals surface area contributed by atoms with E-state index in [9.17, 15) is 0 Å². The van der Waals surface area contributed by atoms with Crippen LogP contribution in [0.15, 0.2) is 206 Å². The molecular weight excluding hydrogens is 799 g/mol. The lowest BCUT2D eigenvalue weighted by molar-refractivity contribution is 0.661. The van der Waals surface area contributed by atoms with Gasteiger partial charge >= 0.3 is 0 Å². The molecule has 9 aromatic carbocycles. The van der Waals surface area contributed by atoms with E-state index >= 15 is 0 Å². The number of benzene rings is 9. The van der Waals surface area contributed by atoms with E-state index in [2.05, 4.69) is 223 Å². The number of nitrogens with zero attached hydrogens (tertiary/aromatic N) is 2. The highest BCUT2D eigenvalue weighted by molar-refractivity contribution is 6.09. The minimum Gasteiger partial charge on any atom is -0.399 e. The molecule has 0 spiro atoms. The summed E-state index contributed by atoms with van der Waals surface area (Å²) in [6.07, 6.45) is 4.38. The summed E-state index contributed by atoms with van der Waals surface area (Å²) in [7, 11) is 0. The third-order valence-corrected chi connectivity index (χ3v) is 14.6. The molecule has 2 N–H and O–H groups in total. The van der Waals surface area contributed by atoms with Crippen molar-refractivity contribution in [1.82, 2.24) is 9.13 Å². The van der Waals surface area contributed by atoms with Crippen LogP contribution in [0.1, 0.15) is 48.2 Å². The van der Waals surface area contributed by atoms with E-state index in [-0.39, 0.29) is 5.41 Å². The van der Waals surface area contributed by atoms with Crippen LogP contribution >= 0.6 is 0 Å². The molecule has 0 fully saturated rings. The van der Waals surface area contributed by atoms with E-state index in [1.165, 1.54) is 117 Å². The third kappa shape index (κ3) is 5.97. The van der Waals surface area contributed by atoms with Gasteiger partial charge in [-0.15, -0.1) is 0 Å². The lowest BCUT2D eigenvalue weighted by Crippen LogP contribution is -2.15. The molecule has 11 aromatic rings. The number of para-hydroxylation sites is 3. The molecule has 0 aliphatic heterocycles. The minimum absolute atomic E-state index is 0.147. The summed E-state index contributed by atoms with van der Waals surface area (Å²) in [5.74, 6) is 0. The topological polar surface area (TPSA) is 35.9 Å². The maximum Gasteiger partial charge on any atom is 0.0541 e. The highest BCUT2D eigenvalue weighted by Gasteiger charge is 2.36. The Morgan fingerprint density at radius 3 is 1.45 bits per heavy atom. The monoisotopic (exact) mass is 845 g/mol. The molecule has 2 aliphatic rings. The second-order valence-electron chi connectivity index (χ2n) is 18.7. The fraction of sp³-hybridized carbons (Fsp3) is 0.0794. The molecule has 2 aliphatic carbocycles. The van der Waals surface area contributed by atoms with Gasteiger partial charge in [0.15, 0.2) is 0 Å². The molecule has 13 rings (SSSR count). The summed E-state index contributed by atoms with van der Waals surface area (Å²) in [5, 5.41) is 3.85. The van der Waals surface area contributed by atoms with Gasteiger partial charge < -0.3 is 14.9 Å². The van der Waals surface area contributed by atoms with Crippen molar-refractivity contribution in [3.63, 3.8) is 0 Å². The number of allylic oxidation sites excluding steroid dienone is 1. The van der Waals surface area contributed by atoms with Gasteiger partial charge in [-0.1, -0.05) is 147 Å². The molecule has 3 nitrogen and oxygen atoms in total. The first kappa shape index (κ1) is 38.3. The number of nitrogens with two attached hydrogens (primary N) is 1. The van der Waals surface area contributed by atoms with Crippen molar-refractivity contribution in [3.05, 3.63) is 234 Å². The van der Waals surface area contributed by atoms with Gasteiger partial charge in [0.2, 0.25) is 0 Å². The Labute approximate surface area is 385 Å². The number of anilines is 1. The van der Waals surface area contributed by atoms with E-state index in [1.807, 2.05) is 12.1 Å². The summed E-state index contributed by atoms with van der Waals surface area (Å²) >= 11 is 0. The Morgan fingerprint density at radius 2 is 0.864 bits per heavy atom. The summed E-state index contributed by atoms with van der Waals surface area (Å²) in [6.45, 7) is 4.77. The fourth-order valence-electron chi connectivity index (χ4n) is 11.3. The van der Waals surface area contributed by atoms with Crippen molar-refractivity contribution in [2.24, 2.45) is 0 Å². The van der Waals surface area contributed by atoms with Crippen LogP contribution in [-0.4, -0.2) is 9.13 Å². The van der Waals surface area contributed by atoms with Crippen LogP contribution in [0.25, 0.3) is 100 Å². The van der Waals surface area contributed by atoms with Gasteiger partial charge in [0, 0.05) is 49.9 Å². The van der Waals surface area contributed by atoms with Crippen molar-refractivity contribution in [2.75, 3.05) is 5.73 Å². The molecule has 0 saturated heterocycles. The van der Waals surface area contributed by atoms with Crippen LogP contribution < -0.4 is 5.73 Å². The van der Waals surface area contributed by atoms with Gasteiger partial charge in [-0.2, -0.15) is 0 Å². The van der Waals surface area contributed by atoms with E-state index in [1.54, 1.807) is 0 Å². The minimum atomic E-state index is -0.147. The maximum atomic E-state index is 6.15. The molecular formula is C63H47N3. The highest BCUT2D eigenvalue weighted by Crippen LogP contribution is 2.51. The van der Waals surface area contributed by atoms with Crippen molar-refractivity contribution < 1.29 is 0 Å². The van der Waals surface area contributed by atoms with Gasteiger partial charge in [-0.05, 0) is 158 Å². The first-order valence-electron chi connectivity index (χ1n) is 23.2. The van der Waals surface area contributed by atoms with Crippen LogP contribution in [0, 0.1) is 0 Å². The Balaban J connectivity index is 0.793. The standard InChI is InChI=1S/C63H47N3/c1-63(2)57-38-46(40-21-28-49(29-22-40)65-59-18-6-3-15-53(59)54-16-4-7-19-60(54)65)25-32-51(57)52-33-26-47(39-58(52)63)41-23-30-50(31-24-41)66-61-20-8-5-17-55(61)56-37-45(27-34-62(56)66)43-12-9-11-42(35-43)44-13-10-14-48(64)36-44/h3-26,28-33,35-39H,27,34,64H2,1-2H3.